The number of likely N-dealkylation sites (tertiary alicyclic amines) is 2. The van der Waals surface area contributed by atoms with Crippen molar-refractivity contribution in [3.05, 3.63) is 114 Å². The minimum Gasteiger partial charge on any atom is -0.488 e. The summed E-state index contributed by atoms with van der Waals surface area (Å²) in [7, 11) is 4.06. The second-order valence-corrected chi connectivity index (χ2v) is 16.6. The number of hydrogen-bond acceptors (Lipinski definition) is 10. The smallest absolute Gasteiger partial charge is 0.407 e. The number of aliphatic imine (C=N–C) groups is 1. The van der Waals surface area contributed by atoms with Crippen LogP contribution in [0.2, 0.25) is 0 Å². The van der Waals surface area contributed by atoms with Gasteiger partial charge in [-0.15, -0.1) is 0 Å². The maximum absolute atomic E-state index is 14.0. The molecule has 15 heteroatoms. The van der Waals surface area contributed by atoms with Gasteiger partial charge in [0.25, 0.3) is 5.91 Å². The molecule has 4 amide bonds. The van der Waals surface area contributed by atoms with E-state index in [1.165, 1.54) is 21.3 Å². The number of nitrogens with one attached hydrogen (secondary N) is 3. The average molecular weight is 866 g/mol. The Bertz CT molecular complexity index is 2680. The number of fused-ring (bicyclic) bond motifs is 5. The highest BCUT2D eigenvalue weighted by atomic mass is 16.5. The van der Waals surface area contributed by atoms with Gasteiger partial charge >= 0.3 is 12.2 Å². The number of nitrogens with zero attached hydrogens (tertiary/aromatic N) is 4. The predicted molar refractivity (Wildman–Crippen MR) is 240 cm³/mol. The van der Waals surface area contributed by atoms with Gasteiger partial charge < -0.3 is 44.4 Å². The first-order valence-electron chi connectivity index (χ1n) is 21.7. The number of H-pyrrole nitrogens is 1. The van der Waals surface area contributed by atoms with Crippen molar-refractivity contribution in [2.45, 2.75) is 75.9 Å². The number of rotatable bonds is 11. The molecule has 64 heavy (non-hydrogen) atoms. The predicted octanol–water partition coefficient (Wildman–Crippen LogP) is 7.49. The van der Waals surface area contributed by atoms with E-state index < -0.39 is 30.4 Å². The monoisotopic (exact) mass is 865 g/mol. The topological polar surface area (TPSA) is 177 Å². The largest absolute Gasteiger partial charge is 0.488 e. The third-order valence-electron chi connectivity index (χ3n) is 12.9. The fraction of sp³-hybridized carbons (Fsp3) is 0.347. The lowest BCUT2D eigenvalue weighted by molar-refractivity contribution is -0.136. The van der Waals surface area contributed by atoms with E-state index in [-0.39, 0.29) is 23.9 Å². The van der Waals surface area contributed by atoms with Crippen molar-refractivity contribution in [2.75, 3.05) is 34.4 Å². The number of imidazole rings is 1. The third kappa shape index (κ3) is 8.07. The Morgan fingerprint density at radius 3 is 2.30 bits per heavy atom. The van der Waals surface area contributed by atoms with E-state index in [1.807, 2.05) is 47.6 Å². The Morgan fingerprint density at radius 2 is 1.53 bits per heavy atom. The number of methoxy groups -OCH3 is 3. The Labute approximate surface area is 370 Å². The summed E-state index contributed by atoms with van der Waals surface area (Å²) < 4.78 is 21.6. The normalized spacial score (nSPS) is 19.1. The molecule has 5 atom stereocenters. The SMILES string of the molecule is COC(=O)N[C@H](C(=O)N1CCC[C@H]1C1=NC=C(c2ccc3c(c2)COc2c-3ccc3cc(-c4cnc([C@@H]5CCCN5C(=O)[C@H](NC(=O)OC)c5ccccc5)[nH]4)ccc23)C1)[C@@H](C)OC. The zero-order valence-electron chi connectivity index (χ0n) is 36.3. The number of ether oxygens (including phenoxy) is 4. The Hall–Kier alpha value is -7.00. The van der Waals surface area contributed by atoms with Gasteiger partial charge in [0.15, 0.2) is 0 Å². The maximum atomic E-state index is 14.0. The Morgan fingerprint density at radius 1 is 0.812 bits per heavy atom. The number of aromatic nitrogens is 2. The number of benzene rings is 4. The first-order valence-corrected chi connectivity index (χ1v) is 21.7. The molecule has 2 saturated heterocycles. The van der Waals surface area contributed by atoms with Crippen LogP contribution in [-0.4, -0.2) is 102 Å². The molecule has 3 N–H and O–H groups in total. The molecule has 0 bridgehead atoms. The standard InChI is InChI=1S/C49H51N7O8/c1-28(61-2)42(53-48(59)62-3)46(57)55-20-8-12-40(55)38-24-33(25-50-38)30-14-17-35-34(22-30)27-64-44-36-18-16-32(23-31(36)15-19-37(35)44)39-26-51-45(52-39)41-13-9-21-56(41)47(58)43(54-49(60)63-4)29-10-6-5-7-11-29/h5-7,10-11,14-19,22-23,25-26,28,40-43H,8-9,12-13,20-21,24,27H2,1-4H3,(H,51,52)(H,53,59)(H,54,60)/t28-,40+,41+,42+,43-/m1/s1. The molecule has 1 aromatic heterocycles. The van der Waals surface area contributed by atoms with E-state index in [1.54, 1.807) is 11.8 Å². The summed E-state index contributed by atoms with van der Waals surface area (Å²) in [5, 5.41) is 7.40. The highest BCUT2D eigenvalue weighted by Crippen LogP contribution is 2.44. The van der Waals surface area contributed by atoms with E-state index in [0.717, 1.165) is 87.0 Å². The molecule has 4 aromatic carbocycles. The van der Waals surface area contributed by atoms with Crippen molar-refractivity contribution >= 4 is 46.1 Å². The fourth-order valence-corrected chi connectivity index (χ4v) is 9.49. The number of amides is 4. The van der Waals surface area contributed by atoms with Crippen LogP contribution in [0.3, 0.4) is 0 Å². The summed E-state index contributed by atoms with van der Waals surface area (Å²) >= 11 is 0. The summed E-state index contributed by atoms with van der Waals surface area (Å²) in [5.74, 6) is 1.10. The van der Waals surface area contributed by atoms with Crippen LogP contribution >= 0.6 is 0 Å². The van der Waals surface area contributed by atoms with E-state index >= 15 is 0 Å². The minimum atomic E-state index is -0.892. The second kappa shape index (κ2) is 18.0. The first-order chi connectivity index (χ1) is 31.1. The number of carbonyl (C=O) groups is 4. The summed E-state index contributed by atoms with van der Waals surface area (Å²) in [6.07, 6.45) is 5.61. The fourth-order valence-electron chi connectivity index (χ4n) is 9.49. The lowest BCUT2D eigenvalue weighted by Gasteiger charge is -2.31. The molecule has 5 aromatic rings. The highest BCUT2D eigenvalue weighted by Gasteiger charge is 2.40. The number of hydrogen-bond donors (Lipinski definition) is 3. The summed E-state index contributed by atoms with van der Waals surface area (Å²) in [4.78, 5) is 68.8. The third-order valence-corrected chi connectivity index (χ3v) is 12.9. The van der Waals surface area contributed by atoms with E-state index in [4.69, 9.17) is 28.9 Å². The second-order valence-electron chi connectivity index (χ2n) is 16.6. The summed E-state index contributed by atoms with van der Waals surface area (Å²) in [6.45, 7) is 3.28. The molecule has 0 unspecified atom stereocenters. The molecule has 5 heterocycles. The quantitative estimate of drug-likeness (QED) is 0.121. The van der Waals surface area contributed by atoms with Gasteiger partial charge in [0.2, 0.25) is 5.91 Å². The van der Waals surface area contributed by atoms with E-state index in [2.05, 4.69) is 64.1 Å². The molecule has 0 saturated carbocycles. The Kier molecular flexibility index (Phi) is 11.9. The highest BCUT2D eigenvalue weighted by molar-refractivity contribution is 6.04. The van der Waals surface area contributed by atoms with Crippen molar-refractivity contribution in [2.24, 2.45) is 4.99 Å². The molecule has 2 fully saturated rings. The number of allylic oxidation sites excluding steroid dienone is 1. The lowest BCUT2D eigenvalue weighted by Crippen LogP contribution is -2.56. The molecule has 9 rings (SSSR count). The number of carbonyl (C=O) groups excluding carboxylic acids is 4. The molecule has 4 aliphatic rings. The van der Waals surface area contributed by atoms with Crippen LogP contribution < -0.4 is 15.4 Å². The summed E-state index contributed by atoms with van der Waals surface area (Å²) in [6, 6.07) is 23.9. The molecule has 330 valence electrons. The maximum Gasteiger partial charge on any atom is 0.407 e. The molecule has 4 aliphatic heterocycles. The van der Waals surface area contributed by atoms with Crippen molar-refractivity contribution in [3.8, 4) is 28.1 Å². The van der Waals surface area contributed by atoms with Gasteiger partial charge in [0.05, 0.1) is 44.3 Å². The molecule has 15 nitrogen and oxygen atoms in total. The molecule has 0 spiro atoms. The van der Waals surface area contributed by atoms with Gasteiger partial charge in [-0.2, -0.15) is 0 Å². The van der Waals surface area contributed by atoms with Gasteiger partial charge in [-0.25, -0.2) is 14.6 Å². The van der Waals surface area contributed by atoms with Crippen molar-refractivity contribution < 1.29 is 38.1 Å². The van der Waals surface area contributed by atoms with Gasteiger partial charge in [0, 0.05) is 55.0 Å². The van der Waals surface area contributed by atoms with Crippen molar-refractivity contribution in [1.29, 1.82) is 0 Å². The van der Waals surface area contributed by atoms with Crippen LogP contribution in [0.4, 0.5) is 9.59 Å². The van der Waals surface area contributed by atoms with Crippen LogP contribution in [0.5, 0.6) is 5.75 Å². The zero-order valence-corrected chi connectivity index (χ0v) is 36.3. The van der Waals surface area contributed by atoms with Crippen LogP contribution in [0, 0.1) is 0 Å². The Balaban J connectivity index is 0.888. The van der Waals surface area contributed by atoms with Gasteiger partial charge in [-0.3, -0.25) is 14.6 Å². The molecule has 0 radical (unpaired) electrons. The molecular weight excluding hydrogens is 815 g/mol. The van der Waals surface area contributed by atoms with Crippen LogP contribution in [0.25, 0.3) is 38.7 Å². The van der Waals surface area contributed by atoms with Gasteiger partial charge in [0.1, 0.15) is 30.3 Å². The van der Waals surface area contributed by atoms with Crippen molar-refractivity contribution in [1.82, 2.24) is 30.4 Å². The van der Waals surface area contributed by atoms with Crippen molar-refractivity contribution in [3.63, 3.8) is 0 Å². The minimum absolute atomic E-state index is 0.172. The number of aromatic amines is 1. The van der Waals surface area contributed by atoms with Crippen LogP contribution in [0.15, 0.2) is 96.3 Å². The molecule has 0 aliphatic carbocycles. The number of alkyl carbamates (subject to hydrolysis) is 2. The van der Waals surface area contributed by atoms with Crippen LogP contribution in [-0.2, 0) is 30.4 Å². The van der Waals surface area contributed by atoms with Crippen LogP contribution in [0.1, 0.15) is 73.6 Å². The zero-order chi connectivity index (χ0) is 44.5. The van der Waals surface area contributed by atoms with Gasteiger partial charge in [-0.1, -0.05) is 60.7 Å². The van der Waals surface area contributed by atoms with E-state index in [0.29, 0.717) is 37.5 Å². The van der Waals surface area contributed by atoms with Gasteiger partial charge in [-0.05, 0) is 84.0 Å². The lowest BCUT2D eigenvalue weighted by atomic mass is 9.90. The first kappa shape index (κ1) is 42.3. The van der Waals surface area contributed by atoms with E-state index in [9.17, 15) is 19.2 Å². The average Bonchev–Trinajstić information content (AvgIpc) is 4.19. The molecular formula is C49H51N7O8. The summed E-state index contributed by atoms with van der Waals surface area (Å²) in [5.41, 5.74) is 8.75.